The summed E-state index contributed by atoms with van der Waals surface area (Å²) in [6, 6.07) is 0. The molecule has 0 spiro atoms. The van der Waals surface area contributed by atoms with Gasteiger partial charge in [-0.3, -0.25) is 17.5 Å². The number of carboxylic acids is 1. The second kappa shape index (κ2) is 13.6. The predicted molar refractivity (Wildman–Crippen MR) is 109 cm³/mol. The van der Waals surface area contributed by atoms with Crippen molar-refractivity contribution >= 4 is 52.4 Å². The zero-order chi connectivity index (χ0) is 20.2. The van der Waals surface area contributed by atoms with Gasteiger partial charge in [0.15, 0.2) is 0 Å². The minimum Gasteiger partial charge on any atom is -0.481 e. The van der Waals surface area contributed by atoms with E-state index in [9.17, 15) is 19.5 Å². The average Bonchev–Trinajstić information content (AvgIpc) is 2.59. The molecule has 0 aliphatic rings. The molecular weight excluding hydrogens is 475 g/mol. The summed E-state index contributed by atoms with van der Waals surface area (Å²) in [5.74, 6) is -1.19. The minimum absolute atomic E-state index is 0.00355. The highest BCUT2D eigenvalue weighted by Gasteiger charge is 2.39. The molecule has 0 aromatic rings. The third-order valence-corrected chi connectivity index (χ3v) is 5.48. The maximum atomic E-state index is 12.3. The molecule has 10 heteroatoms. The van der Waals surface area contributed by atoms with Crippen LogP contribution < -0.4 is 5.32 Å². The molecule has 152 valence electrons. The predicted octanol–water partition coefficient (Wildman–Crippen LogP) is 1.42. The largest absolute Gasteiger partial charge is 0.481 e. The fourth-order valence-corrected chi connectivity index (χ4v) is 2.61. The summed E-state index contributed by atoms with van der Waals surface area (Å²) in [6.07, 6.45) is 1.97. The zero-order valence-corrected chi connectivity index (χ0v) is 18.7. The molecule has 0 fully saturated rings. The molecule has 2 amide bonds. The summed E-state index contributed by atoms with van der Waals surface area (Å²) in [4.78, 5) is 34.9. The Hall–Kier alpha value is -0.590. The number of nitrogens with one attached hydrogen (secondary N) is 1. The van der Waals surface area contributed by atoms with E-state index in [0.717, 1.165) is 5.75 Å². The van der Waals surface area contributed by atoms with Crippen molar-refractivity contribution < 1.29 is 29.0 Å². The number of hydrogen-bond acceptors (Lipinski definition) is 6. The monoisotopic (exact) mass is 504 g/mol. The first kappa shape index (κ1) is 25.4. The topological polar surface area (TPSA) is 105 Å². The highest BCUT2D eigenvalue weighted by molar-refractivity contribution is 14.1. The lowest BCUT2D eigenvalue weighted by Crippen LogP contribution is -2.41. The number of halogens is 1. The van der Waals surface area contributed by atoms with Gasteiger partial charge in [-0.1, -0.05) is 6.92 Å². The molecule has 0 aromatic carbocycles. The summed E-state index contributed by atoms with van der Waals surface area (Å²) < 4.78 is 12.0. The lowest BCUT2D eigenvalue weighted by molar-refractivity contribution is -0.154. The van der Waals surface area contributed by atoms with Crippen molar-refractivity contribution in [2.24, 2.45) is 11.3 Å². The molecule has 0 aliphatic heterocycles. The van der Waals surface area contributed by atoms with Gasteiger partial charge in [-0.15, -0.1) is 0 Å². The van der Waals surface area contributed by atoms with E-state index >= 15 is 0 Å². The van der Waals surface area contributed by atoms with Crippen molar-refractivity contribution in [3.8, 4) is 0 Å². The van der Waals surface area contributed by atoms with Gasteiger partial charge in [-0.2, -0.15) is 11.8 Å². The van der Waals surface area contributed by atoms with Crippen LogP contribution >= 0.6 is 34.6 Å². The highest BCUT2D eigenvalue weighted by Crippen LogP contribution is 2.29. The van der Waals surface area contributed by atoms with Crippen molar-refractivity contribution in [2.45, 2.75) is 20.8 Å². The van der Waals surface area contributed by atoms with Gasteiger partial charge >= 0.3 is 5.97 Å². The van der Waals surface area contributed by atoms with Gasteiger partial charge in [0.05, 0.1) is 60.6 Å². The maximum absolute atomic E-state index is 12.3. The Morgan fingerprint density at radius 1 is 1.23 bits per heavy atom. The minimum atomic E-state index is -1.13. The zero-order valence-electron chi connectivity index (χ0n) is 15.7. The number of nitrogens with zero attached hydrogens (tertiary/aromatic N) is 1. The Labute approximate surface area is 173 Å². The van der Waals surface area contributed by atoms with Crippen molar-refractivity contribution in [1.82, 2.24) is 8.43 Å². The van der Waals surface area contributed by atoms with Gasteiger partial charge in [0.2, 0.25) is 11.8 Å². The van der Waals surface area contributed by atoms with E-state index < -0.39 is 17.3 Å². The molecule has 0 heterocycles. The van der Waals surface area contributed by atoms with Crippen LogP contribution in [0.25, 0.3) is 0 Å². The molecule has 1 unspecified atom stereocenters. The first-order valence-corrected chi connectivity index (χ1v) is 10.6. The smallest absolute Gasteiger partial charge is 0.309 e. The van der Waals surface area contributed by atoms with Gasteiger partial charge in [0.1, 0.15) is 6.61 Å². The molecule has 0 bridgehead atoms. The third-order valence-electron chi connectivity index (χ3n) is 3.91. The molecule has 0 rings (SSSR count). The normalized spacial score (nSPS) is 12.5. The van der Waals surface area contributed by atoms with Crippen LogP contribution in [0.15, 0.2) is 0 Å². The van der Waals surface area contributed by atoms with Crippen LogP contribution in [0.2, 0.25) is 0 Å². The molecular formula is C16H29IN2O6S. The molecule has 0 aromatic heterocycles. The van der Waals surface area contributed by atoms with E-state index in [1.54, 1.807) is 18.7 Å². The van der Waals surface area contributed by atoms with E-state index in [0.29, 0.717) is 26.3 Å². The quantitative estimate of drug-likeness (QED) is 0.210. The van der Waals surface area contributed by atoms with Crippen LogP contribution in [0.5, 0.6) is 0 Å². The number of carboxylic acid groups (broad SMARTS) is 1. The van der Waals surface area contributed by atoms with Gasteiger partial charge in [-0.05, 0) is 20.1 Å². The fraction of sp³-hybridized carbons (Fsp3) is 0.812. The van der Waals surface area contributed by atoms with Gasteiger partial charge in [-0.25, -0.2) is 0 Å². The number of amides is 2. The standard InChI is InChI=1S/C16H29IN2O6S/c1-12(16(2,3)15(22)23)14(21)19(17)6-7-24-8-9-25-11-13(20)18-5-10-26-4/h12H,5-11H2,1-4H3,(H,18,20)(H,22,23). The van der Waals surface area contributed by atoms with Gasteiger partial charge in [0, 0.05) is 12.3 Å². The van der Waals surface area contributed by atoms with Crippen LogP contribution in [0.4, 0.5) is 0 Å². The Balaban J connectivity index is 3.86. The Morgan fingerprint density at radius 3 is 2.42 bits per heavy atom. The lowest BCUT2D eigenvalue weighted by Gasteiger charge is -2.28. The Morgan fingerprint density at radius 2 is 1.85 bits per heavy atom. The SMILES string of the molecule is CSCCNC(=O)COCCOCCN(I)C(=O)C(C)C(C)(C)C(=O)O. The van der Waals surface area contributed by atoms with Crippen LogP contribution in [0.1, 0.15) is 20.8 Å². The number of carbonyl (C=O) groups is 3. The van der Waals surface area contributed by atoms with Crippen molar-refractivity contribution in [3.63, 3.8) is 0 Å². The van der Waals surface area contributed by atoms with E-state index in [1.807, 2.05) is 29.1 Å². The molecule has 26 heavy (non-hydrogen) atoms. The van der Waals surface area contributed by atoms with Crippen molar-refractivity contribution in [3.05, 3.63) is 0 Å². The second-order valence-electron chi connectivity index (χ2n) is 6.18. The Bertz CT molecular complexity index is 464. The molecule has 0 saturated heterocycles. The van der Waals surface area contributed by atoms with Crippen LogP contribution in [-0.2, 0) is 23.9 Å². The average molecular weight is 504 g/mol. The highest BCUT2D eigenvalue weighted by atomic mass is 127. The summed E-state index contributed by atoms with van der Waals surface area (Å²) in [5, 5.41) is 11.9. The molecule has 0 radical (unpaired) electrons. The van der Waals surface area contributed by atoms with Crippen LogP contribution in [-0.4, -0.2) is 77.5 Å². The Kier molecular flexibility index (Phi) is 13.3. The molecule has 1 atom stereocenters. The number of carbonyl (C=O) groups excluding carboxylic acids is 2. The number of rotatable bonds is 14. The number of thioether (sulfide) groups is 1. The maximum Gasteiger partial charge on any atom is 0.309 e. The number of ether oxygens (including phenoxy) is 2. The first-order valence-electron chi connectivity index (χ1n) is 8.26. The molecule has 2 N–H and O–H groups in total. The van der Waals surface area contributed by atoms with E-state index in [2.05, 4.69) is 5.32 Å². The summed E-state index contributed by atoms with van der Waals surface area (Å²) >= 11 is 3.52. The summed E-state index contributed by atoms with van der Waals surface area (Å²) in [5.41, 5.74) is -1.13. The van der Waals surface area contributed by atoms with Gasteiger partial charge in [0.25, 0.3) is 0 Å². The molecule has 8 nitrogen and oxygen atoms in total. The van der Waals surface area contributed by atoms with E-state index in [4.69, 9.17) is 9.47 Å². The molecule has 0 saturated carbocycles. The van der Waals surface area contributed by atoms with Crippen molar-refractivity contribution in [1.29, 1.82) is 0 Å². The van der Waals surface area contributed by atoms with E-state index in [1.165, 1.54) is 17.0 Å². The number of aliphatic carboxylic acids is 1. The van der Waals surface area contributed by atoms with E-state index in [-0.39, 0.29) is 25.0 Å². The number of hydrogen-bond donors (Lipinski definition) is 2. The van der Waals surface area contributed by atoms with Crippen LogP contribution in [0, 0.1) is 11.3 Å². The van der Waals surface area contributed by atoms with Crippen LogP contribution in [0.3, 0.4) is 0 Å². The summed E-state index contributed by atoms with van der Waals surface area (Å²) in [7, 11) is 0. The molecule has 0 aliphatic carbocycles. The van der Waals surface area contributed by atoms with Gasteiger partial charge < -0.3 is 19.9 Å². The summed E-state index contributed by atoms with van der Waals surface area (Å²) in [6.45, 7) is 6.54. The third kappa shape index (κ3) is 9.93. The van der Waals surface area contributed by atoms with Crippen molar-refractivity contribution in [2.75, 3.05) is 51.5 Å². The first-order chi connectivity index (χ1) is 12.1. The lowest BCUT2D eigenvalue weighted by atomic mass is 9.79. The second-order valence-corrected chi connectivity index (χ2v) is 8.33. The fourth-order valence-electron chi connectivity index (χ4n) is 1.69.